The van der Waals surface area contributed by atoms with Gasteiger partial charge < -0.3 is 14.2 Å². The summed E-state index contributed by atoms with van der Waals surface area (Å²) in [6.45, 7) is 4.85. The van der Waals surface area contributed by atoms with Gasteiger partial charge in [0.25, 0.3) is 0 Å². The minimum Gasteiger partial charge on any atom is -0.459 e. The third-order valence-electron chi connectivity index (χ3n) is 4.30. The van der Waals surface area contributed by atoms with E-state index in [1.54, 1.807) is 6.92 Å². The molecule has 3 rings (SSSR count). The average Bonchev–Trinajstić information content (AvgIpc) is 3.11. The van der Waals surface area contributed by atoms with Gasteiger partial charge in [-0.3, -0.25) is 4.79 Å². The molecule has 7 heteroatoms. The van der Waals surface area contributed by atoms with E-state index >= 15 is 0 Å². The van der Waals surface area contributed by atoms with E-state index in [1.807, 2.05) is 31.2 Å². The molecule has 0 N–H and O–H groups in total. The van der Waals surface area contributed by atoms with E-state index in [0.29, 0.717) is 37.6 Å². The summed E-state index contributed by atoms with van der Waals surface area (Å²) in [4.78, 5) is 29.5. The number of hydrogen-bond acceptors (Lipinski definition) is 6. The minimum atomic E-state index is -0.791. The Morgan fingerprint density at radius 3 is 2.76 bits per heavy atom. The monoisotopic (exact) mass is 343 g/mol. The third kappa shape index (κ3) is 3.87. The number of ether oxygens (including phenoxy) is 1. The Hall–Kier alpha value is -2.70. The summed E-state index contributed by atoms with van der Waals surface area (Å²) in [6, 6.07) is 7.93. The number of amides is 1. The number of carbonyl (C=O) groups is 2. The van der Waals surface area contributed by atoms with Crippen LogP contribution in [0.25, 0.3) is 11.4 Å². The lowest BCUT2D eigenvalue weighted by Gasteiger charge is -2.29. The smallest absolute Gasteiger partial charge is 0.397 e. The van der Waals surface area contributed by atoms with Crippen molar-refractivity contribution >= 4 is 11.9 Å². The van der Waals surface area contributed by atoms with Crippen molar-refractivity contribution in [2.24, 2.45) is 0 Å². The van der Waals surface area contributed by atoms with Crippen LogP contribution in [0, 0.1) is 6.92 Å². The van der Waals surface area contributed by atoms with Gasteiger partial charge in [-0.2, -0.15) is 4.98 Å². The molecule has 2 aromatic rings. The summed E-state index contributed by atoms with van der Waals surface area (Å²) in [5.41, 5.74) is 2.06. The van der Waals surface area contributed by atoms with Crippen LogP contribution < -0.4 is 0 Å². The topological polar surface area (TPSA) is 85.5 Å². The van der Waals surface area contributed by atoms with Gasteiger partial charge in [0.15, 0.2) is 0 Å². The normalized spacial score (nSPS) is 15.2. The van der Waals surface area contributed by atoms with Crippen LogP contribution in [0.1, 0.15) is 37.1 Å². The van der Waals surface area contributed by atoms with Crippen LogP contribution in [-0.2, 0) is 14.3 Å². The molecule has 0 radical (unpaired) electrons. The predicted octanol–water partition coefficient (Wildman–Crippen LogP) is 2.31. The molecule has 132 valence electrons. The molecular formula is C18H21N3O4. The number of rotatable bonds is 3. The zero-order valence-corrected chi connectivity index (χ0v) is 14.4. The van der Waals surface area contributed by atoms with Crippen molar-refractivity contribution in [3.8, 4) is 11.4 Å². The predicted molar refractivity (Wildman–Crippen MR) is 89.7 cm³/mol. The van der Waals surface area contributed by atoms with Crippen molar-refractivity contribution in [2.45, 2.75) is 32.6 Å². The average molecular weight is 343 g/mol. The summed E-state index contributed by atoms with van der Waals surface area (Å²) < 4.78 is 10.2. The van der Waals surface area contributed by atoms with Gasteiger partial charge in [0.2, 0.25) is 11.7 Å². The lowest BCUT2D eigenvalue weighted by molar-refractivity contribution is -0.160. The number of carbonyl (C=O) groups excluding carboxylic acids is 2. The van der Waals surface area contributed by atoms with Crippen molar-refractivity contribution in [3.05, 3.63) is 35.7 Å². The molecule has 0 atom stereocenters. The maximum absolute atomic E-state index is 12.0. The van der Waals surface area contributed by atoms with Crippen LogP contribution in [0.2, 0.25) is 0 Å². The Morgan fingerprint density at radius 1 is 1.32 bits per heavy atom. The van der Waals surface area contributed by atoms with Gasteiger partial charge in [0.1, 0.15) is 0 Å². The molecule has 1 aliphatic heterocycles. The van der Waals surface area contributed by atoms with Crippen LogP contribution >= 0.6 is 0 Å². The van der Waals surface area contributed by atoms with Crippen LogP contribution in [0.15, 0.2) is 28.8 Å². The molecule has 0 saturated carbocycles. The standard InChI is InChI=1S/C18H21N3O4/c1-3-24-18(23)17(22)21-9-7-13(8-10-21)16-19-15(20-25-16)14-6-4-5-12(2)11-14/h4-6,11,13H,3,7-10H2,1-2H3. The SMILES string of the molecule is CCOC(=O)C(=O)N1CCC(c2nc(-c3cccc(C)c3)no2)CC1. The Bertz CT molecular complexity index is 763. The Labute approximate surface area is 146 Å². The Morgan fingerprint density at radius 2 is 2.08 bits per heavy atom. The molecule has 1 aromatic heterocycles. The van der Waals surface area contributed by atoms with E-state index in [2.05, 4.69) is 10.1 Å². The van der Waals surface area contributed by atoms with Gasteiger partial charge in [-0.15, -0.1) is 0 Å². The number of esters is 1. The zero-order valence-electron chi connectivity index (χ0n) is 14.4. The van der Waals surface area contributed by atoms with Gasteiger partial charge in [-0.05, 0) is 32.8 Å². The number of benzene rings is 1. The molecule has 0 unspecified atom stereocenters. The lowest BCUT2D eigenvalue weighted by Crippen LogP contribution is -2.42. The zero-order chi connectivity index (χ0) is 17.8. The largest absolute Gasteiger partial charge is 0.459 e. The second kappa shape index (κ2) is 7.46. The van der Waals surface area contributed by atoms with Gasteiger partial charge in [-0.25, -0.2) is 4.79 Å². The van der Waals surface area contributed by atoms with Gasteiger partial charge >= 0.3 is 11.9 Å². The first-order chi connectivity index (χ1) is 12.1. The fraction of sp³-hybridized carbons (Fsp3) is 0.444. The second-order valence-electron chi connectivity index (χ2n) is 6.11. The first-order valence-corrected chi connectivity index (χ1v) is 8.45. The van der Waals surface area contributed by atoms with Gasteiger partial charge in [0, 0.05) is 24.6 Å². The summed E-state index contributed by atoms with van der Waals surface area (Å²) in [7, 11) is 0. The fourth-order valence-corrected chi connectivity index (χ4v) is 2.95. The highest BCUT2D eigenvalue weighted by Gasteiger charge is 2.30. The lowest BCUT2D eigenvalue weighted by atomic mass is 9.96. The van der Waals surface area contributed by atoms with E-state index in [9.17, 15) is 9.59 Å². The molecule has 1 aliphatic rings. The van der Waals surface area contributed by atoms with Crippen molar-refractivity contribution in [2.75, 3.05) is 19.7 Å². The van der Waals surface area contributed by atoms with Crippen LogP contribution in [0.3, 0.4) is 0 Å². The van der Waals surface area contributed by atoms with E-state index in [4.69, 9.17) is 9.26 Å². The third-order valence-corrected chi connectivity index (χ3v) is 4.30. The van der Waals surface area contributed by atoms with E-state index < -0.39 is 11.9 Å². The minimum absolute atomic E-state index is 0.0947. The van der Waals surface area contributed by atoms with Crippen molar-refractivity contribution < 1.29 is 18.8 Å². The highest BCUT2D eigenvalue weighted by atomic mass is 16.5. The van der Waals surface area contributed by atoms with E-state index in [0.717, 1.165) is 11.1 Å². The Balaban J connectivity index is 1.62. The summed E-state index contributed by atoms with van der Waals surface area (Å²) in [5.74, 6) is -0.118. The maximum atomic E-state index is 12.0. The molecule has 7 nitrogen and oxygen atoms in total. The van der Waals surface area contributed by atoms with Crippen LogP contribution in [-0.4, -0.2) is 46.6 Å². The first-order valence-electron chi connectivity index (χ1n) is 8.45. The van der Waals surface area contributed by atoms with Gasteiger partial charge in [-0.1, -0.05) is 28.9 Å². The number of aromatic nitrogens is 2. The Kier molecular flexibility index (Phi) is 5.11. The summed E-state index contributed by atoms with van der Waals surface area (Å²) in [5, 5.41) is 4.07. The number of piperidine rings is 1. The number of likely N-dealkylation sites (tertiary alicyclic amines) is 1. The molecule has 2 heterocycles. The van der Waals surface area contributed by atoms with Crippen molar-refractivity contribution in [3.63, 3.8) is 0 Å². The molecule has 0 spiro atoms. The second-order valence-corrected chi connectivity index (χ2v) is 6.11. The fourth-order valence-electron chi connectivity index (χ4n) is 2.95. The molecule has 0 bridgehead atoms. The first kappa shape index (κ1) is 17.1. The van der Waals surface area contributed by atoms with E-state index in [-0.39, 0.29) is 12.5 Å². The highest BCUT2D eigenvalue weighted by molar-refractivity contribution is 6.32. The summed E-state index contributed by atoms with van der Waals surface area (Å²) >= 11 is 0. The number of aryl methyl sites for hydroxylation is 1. The maximum Gasteiger partial charge on any atom is 0.397 e. The van der Waals surface area contributed by atoms with Crippen molar-refractivity contribution in [1.29, 1.82) is 0 Å². The molecule has 1 fully saturated rings. The molecular weight excluding hydrogens is 322 g/mol. The van der Waals surface area contributed by atoms with Crippen molar-refractivity contribution in [1.82, 2.24) is 15.0 Å². The molecule has 1 aromatic carbocycles. The van der Waals surface area contributed by atoms with Crippen LogP contribution in [0.4, 0.5) is 0 Å². The molecule has 1 amide bonds. The highest BCUT2D eigenvalue weighted by Crippen LogP contribution is 2.28. The molecule has 25 heavy (non-hydrogen) atoms. The van der Waals surface area contributed by atoms with Crippen LogP contribution in [0.5, 0.6) is 0 Å². The number of nitrogens with zero attached hydrogens (tertiary/aromatic N) is 3. The number of hydrogen-bond donors (Lipinski definition) is 0. The molecule has 0 aliphatic carbocycles. The summed E-state index contributed by atoms with van der Waals surface area (Å²) in [6.07, 6.45) is 1.36. The molecule has 1 saturated heterocycles. The quantitative estimate of drug-likeness (QED) is 0.628. The van der Waals surface area contributed by atoms with E-state index in [1.165, 1.54) is 4.90 Å². The van der Waals surface area contributed by atoms with Gasteiger partial charge in [0.05, 0.1) is 6.61 Å².